The fourth-order valence-electron chi connectivity index (χ4n) is 1.39. The van der Waals surface area contributed by atoms with Crippen molar-refractivity contribution in [1.29, 1.82) is 0 Å². The van der Waals surface area contributed by atoms with Crippen molar-refractivity contribution in [3.05, 3.63) is 33.3 Å². The molecule has 0 bridgehead atoms. The van der Waals surface area contributed by atoms with Crippen LogP contribution in [0.3, 0.4) is 0 Å². The predicted octanol–water partition coefficient (Wildman–Crippen LogP) is 3.92. The van der Waals surface area contributed by atoms with Crippen LogP contribution in [0.25, 0.3) is 0 Å². The highest BCUT2D eigenvalue weighted by molar-refractivity contribution is 9.10. The third-order valence-electron chi connectivity index (χ3n) is 2.39. The molecule has 8 heteroatoms. The van der Waals surface area contributed by atoms with Gasteiger partial charge >= 0.3 is 12.3 Å². The molecule has 0 aliphatic carbocycles. The number of alkyl halides is 4. The fraction of sp³-hybridized carbons (Fsp3) is 0.500. The van der Waals surface area contributed by atoms with Crippen LogP contribution >= 0.6 is 27.5 Å². The van der Waals surface area contributed by atoms with Crippen LogP contribution in [0, 0.1) is 0 Å². The summed E-state index contributed by atoms with van der Waals surface area (Å²) in [6, 6.07) is 4.98. The van der Waals surface area contributed by atoms with Crippen molar-refractivity contribution in [3.8, 4) is 0 Å². The van der Waals surface area contributed by atoms with Crippen LogP contribution in [-0.4, -0.2) is 36.8 Å². The molecule has 1 unspecified atom stereocenters. The third-order valence-corrected chi connectivity index (χ3v) is 3.24. The van der Waals surface area contributed by atoms with Crippen molar-refractivity contribution in [2.75, 3.05) is 13.2 Å². The summed E-state index contributed by atoms with van der Waals surface area (Å²) in [7, 11) is 0. The van der Waals surface area contributed by atoms with Gasteiger partial charge in [-0.3, -0.25) is 0 Å². The molecule has 1 atom stereocenters. The number of benzene rings is 1. The summed E-state index contributed by atoms with van der Waals surface area (Å²) < 4.78 is 54.0. The van der Waals surface area contributed by atoms with E-state index in [-0.39, 0.29) is 6.42 Å². The van der Waals surface area contributed by atoms with Gasteiger partial charge in [0, 0.05) is 15.9 Å². The third kappa shape index (κ3) is 5.55. The zero-order valence-electron chi connectivity index (χ0n) is 10.1. The number of ether oxygens (including phenoxy) is 1. The van der Waals surface area contributed by atoms with E-state index in [0.29, 0.717) is 10.6 Å². The maximum Gasteiger partial charge on any atom is 0.330 e. The van der Waals surface area contributed by atoms with Crippen LogP contribution in [0.15, 0.2) is 22.7 Å². The molecule has 0 aliphatic heterocycles. The molecule has 0 saturated carbocycles. The fourth-order valence-corrected chi connectivity index (χ4v) is 2.14. The molecule has 114 valence electrons. The molecule has 0 saturated heterocycles. The summed E-state index contributed by atoms with van der Waals surface area (Å²) in [5.74, 6) is -4.21. The largest absolute Gasteiger partial charge is 0.390 e. The van der Waals surface area contributed by atoms with Crippen molar-refractivity contribution in [2.24, 2.45) is 0 Å². The molecular formula is C12H12BrClF4O2. The molecule has 0 aliphatic rings. The lowest BCUT2D eigenvalue weighted by atomic mass is 10.1. The van der Waals surface area contributed by atoms with E-state index >= 15 is 0 Å². The zero-order chi connectivity index (χ0) is 15.3. The number of hydrogen-bond acceptors (Lipinski definition) is 2. The highest BCUT2D eigenvalue weighted by Gasteiger charge is 2.41. The Hall–Kier alpha value is -0.370. The molecule has 1 aromatic carbocycles. The molecule has 1 rings (SSSR count). The minimum absolute atomic E-state index is 0.0758. The summed E-state index contributed by atoms with van der Waals surface area (Å²) in [5, 5.41) is 10.0. The molecule has 0 amide bonds. The smallest absolute Gasteiger partial charge is 0.330 e. The van der Waals surface area contributed by atoms with Crippen molar-refractivity contribution in [3.63, 3.8) is 0 Å². The molecule has 1 aromatic rings. The average Bonchev–Trinajstić information content (AvgIpc) is 2.32. The van der Waals surface area contributed by atoms with Gasteiger partial charge in [-0.2, -0.15) is 8.78 Å². The number of halogens is 6. The molecular weight excluding hydrogens is 367 g/mol. The second kappa shape index (κ2) is 7.59. The summed E-state index contributed by atoms with van der Waals surface area (Å²) >= 11 is 9.13. The van der Waals surface area contributed by atoms with E-state index in [0.717, 1.165) is 4.47 Å². The lowest BCUT2D eigenvalue weighted by molar-refractivity contribution is -0.170. The van der Waals surface area contributed by atoms with E-state index in [9.17, 15) is 22.7 Å². The highest BCUT2D eigenvalue weighted by Crippen LogP contribution is 2.24. The Morgan fingerprint density at radius 2 is 2.00 bits per heavy atom. The number of rotatable bonds is 7. The molecule has 1 N–H and O–H groups in total. The van der Waals surface area contributed by atoms with Crippen molar-refractivity contribution < 1.29 is 27.4 Å². The predicted molar refractivity (Wildman–Crippen MR) is 70.6 cm³/mol. The SMILES string of the molecule is OC(COCC(F)(F)C(F)F)Cc1ccc(Br)cc1Cl. The Kier molecular flexibility index (Phi) is 6.71. The van der Waals surface area contributed by atoms with Gasteiger partial charge in [0.25, 0.3) is 0 Å². The summed E-state index contributed by atoms with van der Waals surface area (Å²) in [6.07, 6.45) is -4.82. The van der Waals surface area contributed by atoms with Crippen LogP contribution in [0.5, 0.6) is 0 Å². The molecule has 0 radical (unpaired) electrons. The van der Waals surface area contributed by atoms with Crippen molar-refractivity contribution in [1.82, 2.24) is 0 Å². The van der Waals surface area contributed by atoms with Gasteiger partial charge in [-0.1, -0.05) is 33.6 Å². The Balaban J connectivity index is 2.42. The van der Waals surface area contributed by atoms with Crippen LogP contribution in [0.2, 0.25) is 5.02 Å². The lowest BCUT2D eigenvalue weighted by Crippen LogP contribution is -2.34. The minimum atomic E-state index is -4.21. The first-order valence-electron chi connectivity index (χ1n) is 5.58. The van der Waals surface area contributed by atoms with Gasteiger partial charge < -0.3 is 9.84 Å². The van der Waals surface area contributed by atoms with Crippen LogP contribution in [0.4, 0.5) is 17.6 Å². The molecule has 0 spiro atoms. The van der Waals surface area contributed by atoms with Gasteiger partial charge in [0.1, 0.15) is 6.61 Å². The molecule has 0 fully saturated rings. The zero-order valence-corrected chi connectivity index (χ0v) is 12.5. The summed E-state index contributed by atoms with van der Waals surface area (Å²) in [4.78, 5) is 0. The number of hydrogen-bond donors (Lipinski definition) is 1. The average molecular weight is 380 g/mol. The van der Waals surface area contributed by atoms with Crippen LogP contribution in [0.1, 0.15) is 5.56 Å². The first kappa shape index (κ1) is 17.7. The van der Waals surface area contributed by atoms with Crippen molar-refractivity contribution >= 4 is 27.5 Å². The minimum Gasteiger partial charge on any atom is -0.390 e. The molecule has 0 heterocycles. The first-order valence-corrected chi connectivity index (χ1v) is 6.75. The van der Waals surface area contributed by atoms with Gasteiger partial charge in [-0.05, 0) is 17.7 Å². The van der Waals surface area contributed by atoms with Gasteiger partial charge in [-0.15, -0.1) is 0 Å². The van der Waals surface area contributed by atoms with Crippen LogP contribution in [-0.2, 0) is 11.2 Å². The van der Waals surface area contributed by atoms with E-state index < -0.39 is 31.7 Å². The normalized spacial score (nSPS) is 13.8. The first-order chi connectivity index (χ1) is 9.22. The second-order valence-electron chi connectivity index (χ2n) is 4.17. The van der Waals surface area contributed by atoms with E-state index in [1.807, 2.05) is 0 Å². The second-order valence-corrected chi connectivity index (χ2v) is 5.49. The van der Waals surface area contributed by atoms with E-state index in [1.54, 1.807) is 18.2 Å². The monoisotopic (exact) mass is 378 g/mol. The quantitative estimate of drug-likeness (QED) is 0.728. The molecule has 2 nitrogen and oxygen atoms in total. The number of aliphatic hydroxyl groups excluding tert-OH is 1. The maximum absolute atomic E-state index is 12.5. The van der Waals surface area contributed by atoms with Crippen molar-refractivity contribution in [2.45, 2.75) is 24.9 Å². The molecule has 20 heavy (non-hydrogen) atoms. The van der Waals surface area contributed by atoms with Gasteiger partial charge in [0.05, 0.1) is 12.7 Å². The highest BCUT2D eigenvalue weighted by atomic mass is 79.9. The van der Waals surface area contributed by atoms with E-state index in [4.69, 9.17) is 11.6 Å². The Labute approximate surface area is 126 Å². The van der Waals surface area contributed by atoms with E-state index in [1.165, 1.54) is 0 Å². The van der Waals surface area contributed by atoms with Gasteiger partial charge in [-0.25, -0.2) is 8.78 Å². The Morgan fingerprint density at radius 3 is 2.55 bits per heavy atom. The molecule has 0 aromatic heterocycles. The topological polar surface area (TPSA) is 29.5 Å². The lowest BCUT2D eigenvalue weighted by Gasteiger charge is -2.17. The Morgan fingerprint density at radius 1 is 1.35 bits per heavy atom. The summed E-state index contributed by atoms with van der Waals surface area (Å²) in [5.41, 5.74) is 0.603. The standard InChI is InChI=1S/C12H12BrClF4O2/c13-8-2-1-7(10(14)4-8)3-9(19)5-20-6-12(17,18)11(15)16/h1-2,4,9,11,19H,3,5-6H2. The van der Waals surface area contributed by atoms with E-state index in [2.05, 4.69) is 20.7 Å². The Bertz CT molecular complexity index is 445. The van der Waals surface area contributed by atoms with Gasteiger partial charge in [0.2, 0.25) is 0 Å². The summed E-state index contributed by atoms with van der Waals surface area (Å²) in [6.45, 7) is -1.91. The number of aliphatic hydroxyl groups is 1. The van der Waals surface area contributed by atoms with Crippen LogP contribution < -0.4 is 0 Å². The van der Waals surface area contributed by atoms with Gasteiger partial charge in [0.15, 0.2) is 0 Å². The maximum atomic E-state index is 12.5.